The zero-order chi connectivity index (χ0) is 9.42. The van der Waals surface area contributed by atoms with Gasteiger partial charge in [0.25, 0.3) is 0 Å². The number of benzene rings is 1. The van der Waals surface area contributed by atoms with Gasteiger partial charge in [-0.2, -0.15) is 0 Å². The molecule has 0 unspecified atom stereocenters. The molecule has 0 saturated carbocycles. The summed E-state index contributed by atoms with van der Waals surface area (Å²) in [5.41, 5.74) is 0. The number of rotatable bonds is 0. The fourth-order valence-corrected chi connectivity index (χ4v) is 2.20. The number of halogens is 3. The van der Waals surface area contributed by atoms with Gasteiger partial charge in [0.2, 0.25) is 0 Å². The van der Waals surface area contributed by atoms with Crippen molar-refractivity contribution in [2.75, 3.05) is 0 Å². The first-order valence-electron chi connectivity index (χ1n) is 3.58. The van der Waals surface area contributed by atoms with Crippen molar-refractivity contribution in [3.63, 3.8) is 0 Å². The highest BCUT2D eigenvalue weighted by Crippen LogP contribution is 2.30. The van der Waals surface area contributed by atoms with Gasteiger partial charge < -0.3 is 0 Å². The lowest BCUT2D eigenvalue weighted by molar-refractivity contribution is 1.30. The minimum absolute atomic E-state index is 0.728. The first-order chi connectivity index (χ1) is 6.18. The molecule has 2 rings (SSSR count). The molecule has 13 heavy (non-hydrogen) atoms. The van der Waals surface area contributed by atoms with E-state index in [9.17, 15) is 0 Å². The highest BCUT2D eigenvalue weighted by Gasteiger charge is 2.03. The van der Waals surface area contributed by atoms with E-state index in [1.807, 2.05) is 18.2 Å². The maximum atomic E-state index is 5.89. The molecule has 66 valence electrons. The first-order valence-corrected chi connectivity index (χ1v) is 5.54. The quantitative estimate of drug-likeness (QED) is 0.655. The van der Waals surface area contributed by atoms with Crippen LogP contribution in [0.2, 0.25) is 5.02 Å². The molecule has 0 atom stereocenters. The Hall–Kier alpha value is -0.120. The first kappa shape index (κ1) is 9.44. The predicted molar refractivity (Wildman–Crippen MR) is 62.2 cm³/mol. The predicted octanol–water partition coefficient (Wildman–Crippen LogP) is 4.41. The molecule has 0 bridgehead atoms. The van der Waals surface area contributed by atoms with Gasteiger partial charge in [-0.3, -0.25) is 0 Å². The molecule has 2 aromatic rings. The minimum atomic E-state index is 0.728. The standard InChI is InChI=1S/C9H4Br2ClN/c10-8-4-13-9(11)6-2-1-5(12)3-7(6)8/h1-4H. The van der Waals surface area contributed by atoms with Gasteiger partial charge in [0.15, 0.2) is 0 Å². The van der Waals surface area contributed by atoms with Crippen molar-refractivity contribution in [2.24, 2.45) is 0 Å². The molecule has 0 aliphatic heterocycles. The number of hydrogen-bond acceptors (Lipinski definition) is 1. The van der Waals surface area contributed by atoms with Crippen LogP contribution in [0.3, 0.4) is 0 Å². The van der Waals surface area contributed by atoms with Gasteiger partial charge in [0.1, 0.15) is 4.60 Å². The number of pyridine rings is 1. The number of hydrogen-bond donors (Lipinski definition) is 0. The Morgan fingerprint density at radius 1 is 1.15 bits per heavy atom. The largest absolute Gasteiger partial charge is 0.248 e. The third-order valence-electron chi connectivity index (χ3n) is 1.75. The maximum absolute atomic E-state index is 5.89. The van der Waals surface area contributed by atoms with Gasteiger partial charge in [-0.05, 0) is 44.0 Å². The van der Waals surface area contributed by atoms with Crippen LogP contribution in [0.5, 0.6) is 0 Å². The van der Waals surface area contributed by atoms with E-state index in [1.165, 1.54) is 0 Å². The van der Waals surface area contributed by atoms with Gasteiger partial charge in [-0.25, -0.2) is 4.98 Å². The van der Waals surface area contributed by atoms with Crippen LogP contribution in [-0.2, 0) is 0 Å². The highest BCUT2D eigenvalue weighted by atomic mass is 79.9. The van der Waals surface area contributed by atoms with Crippen LogP contribution >= 0.6 is 43.5 Å². The number of fused-ring (bicyclic) bond motifs is 1. The van der Waals surface area contributed by atoms with Gasteiger partial charge >= 0.3 is 0 Å². The third-order valence-corrected chi connectivity index (χ3v) is 3.25. The van der Waals surface area contributed by atoms with E-state index in [0.717, 1.165) is 24.9 Å². The van der Waals surface area contributed by atoms with Gasteiger partial charge in [-0.15, -0.1) is 0 Å². The monoisotopic (exact) mass is 319 g/mol. The van der Waals surface area contributed by atoms with Crippen molar-refractivity contribution in [1.29, 1.82) is 0 Å². The van der Waals surface area contributed by atoms with Crippen LogP contribution in [0, 0.1) is 0 Å². The van der Waals surface area contributed by atoms with Crippen LogP contribution in [0.4, 0.5) is 0 Å². The van der Waals surface area contributed by atoms with E-state index in [-0.39, 0.29) is 0 Å². The van der Waals surface area contributed by atoms with Crippen LogP contribution in [0.1, 0.15) is 0 Å². The maximum Gasteiger partial charge on any atom is 0.113 e. The number of aromatic nitrogens is 1. The second-order valence-corrected chi connectivity index (χ2v) is 4.63. The van der Waals surface area contributed by atoms with Gasteiger partial charge in [0.05, 0.1) is 0 Å². The van der Waals surface area contributed by atoms with Crippen molar-refractivity contribution < 1.29 is 0 Å². The Kier molecular flexibility index (Phi) is 2.58. The molecule has 0 aliphatic rings. The molecule has 0 saturated heterocycles. The SMILES string of the molecule is Clc1ccc2c(Br)ncc(Br)c2c1. The molecular formula is C9H4Br2ClN. The van der Waals surface area contributed by atoms with E-state index in [1.54, 1.807) is 6.20 Å². The topological polar surface area (TPSA) is 12.9 Å². The number of nitrogens with zero attached hydrogens (tertiary/aromatic N) is 1. The van der Waals surface area contributed by atoms with Crippen molar-refractivity contribution >= 4 is 54.2 Å². The molecule has 0 aliphatic carbocycles. The molecule has 1 heterocycles. The zero-order valence-corrected chi connectivity index (χ0v) is 10.3. The summed E-state index contributed by atoms with van der Waals surface area (Å²) in [6.45, 7) is 0. The van der Waals surface area contributed by atoms with E-state index in [2.05, 4.69) is 36.8 Å². The molecule has 0 spiro atoms. The normalized spacial score (nSPS) is 10.7. The summed E-state index contributed by atoms with van der Waals surface area (Å²) in [5.74, 6) is 0. The van der Waals surface area contributed by atoms with Crippen molar-refractivity contribution in [2.45, 2.75) is 0 Å². The van der Waals surface area contributed by atoms with Crippen LogP contribution < -0.4 is 0 Å². The third kappa shape index (κ3) is 1.73. The highest BCUT2D eigenvalue weighted by molar-refractivity contribution is 9.11. The Bertz CT molecular complexity index is 470. The molecule has 0 radical (unpaired) electrons. The lowest BCUT2D eigenvalue weighted by Crippen LogP contribution is -1.81. The molecule has 0 amide bonds. The Morgan fingerprint density at radius 3 is 2.69 bits per heavy atom. The lowest BCUT2D eigenvalue weighted by Gasteiger charge is -2.02. The summed E-state index contributed by atoms with van der Waals surface area (Å²) >= 11 is 12.7. The average Bonchev–Trinajstić information content (AvgIpc) is 2.12. The Labute approximate surface area is 97.4 Å². The summed E-state index contributed by atoms with van der Waals surface area (Å²) in [6.07, 6.45) is 1.75. The fourth-order valence-electron chi connectivity index (χ4n) is 1.15. The second kappa shape index (κ2) is 3.56. The molecule has 0 fully saturated rings. The van der Waals surface area contributed by atoms with E-state index < -0.39 is 0 Å². The molecule has 1 aromatic carbocycles. The zero-order valence-electron chi connectivity index (χ0n) is 6.39. The lowest BCUT2D eigenvalue weighted by atomic mass is 10.2. The smallest absolute Gasteiger partial charge is 0.113 e. The summed E-state index contributed by atoms with van der Waals surface area (Å²) in [6, 6.07) is 5.70. The Morgan fingerprint density at radius 2 is 1.92 bits per heavy atom. The van der Waals surface area contributed by atoms with Gasteiger partial charge in [-0.1, -0.05) is 17.7 Å². The second-order valence-electron chi connectivity index (χ2n) is 2.59. The Balaban J connectivity index is 2.92. The van der Waals surface area contributed by atoms with Crippen LogP contribution in [0.15, 0.2) is 33.5 Å². The van der Waals surface area contributed by atoms with Crippen molar-refractivity contribution in [3.05, 3.63) is 38.5 Å². The summed E-state index contributed by atoms with van der Waals surface area (Å²) in [7, 11) is 0. The van der Waals surface area contributed by atoms with Crippen molar-refractivity contribution in [3.8, 4) is 0 Å². The van der Waals surface area contributed by atoms with E-state index in [4.69, 9.17) is 11.6 Å². The average molecular weight is 321 g/mol. The summed E-state index contributed by atoms with van der Waals surface area (Å²) < 4.78 is 1.79. The molecular weight excluding hydrogens is 317 g/mol. The van der Waals surface area contributed by atoms with Crippen LogP contribution in [-0.4, -0.2) is 4.98 Å². The van der Waals surface area contributed by atoms with E-state index in [0.29, 0.717) is 0 Å². The van der Waals surface area contributed by atoms with Crippen LogP contribution in [0.25, 0.3) is 10.8 Å². The molecule has 1 aromatic heterocycles. The minimum Gasteiger partial charge on any atom is -0.248 e. The molecule has 1 nitrogen and oxygen atoms in total. The summed E-state index contributed by atoms with van der Waals surface area (Å²) in [4.78, 5) is 4.16. The fraction of sp³-hybridized carbons (Fsp3) is 0. The summed E-state index contributed by atoms with van der Waals surface area (Å²) in [5, 5.41) is 2.85. The van der Waals surface area contributed by atoms with Crippen molar-refractivity contribution in [1.82, 2.24) is 4.98 Å². The van der Waals surface area contributed by atoms with Gasteiger partial charge in [0, 0.05) is 26.5 Å². The molecule has 0 N–H and O–H groups in total. The van der Waals surface area contributed by atoms with E-state index >= 15 is 0 Å². The molecule has 4 heteroatoms.